The zero-order chi connectivity index (χ0) is 12.5. The van der Waals surface area contributed by atoms with E-state index >= 15 is 0 Å². The predicted molar refractivity (Wildman–Crippen MR) is 66.9 cm³/mol. The molecule has 0 saturated carbocycles. The Bertz CT molecular complexity index is 498. The zero-order valence-electron chi connectivity index (χ0n) is 10.2. The second kappa shape index (κ2) is 4.17. The van der Waals surface area contributed by atoms with Crippen LogP contribution in [0.2, 0.25) is 0 Å². The summed E-state index contributed by atoms with van der Waals surface area (Å²) in [5.74, 6) is 0.0770. The number of carbonyl (C=O) groups excluding carboxylic acids is 1. The SMILES string of the molecule is CC(C)=CC1(C)N=C(c2ccccc2)OC1=O. The van der Waals surface area contributed by atoms with Crippen molar-refractivity contribution in [1.82, 2.24) is 0 Å². The lowest BCUT2D eigenvalue weighted by atomic mass is 10.0. The Morgan fingerprint density at radius 2 is 1.94 bits per heavy atom. The minimum atomic E-state index is -0.885. The van der Waals surface area contributed by atoms with Crippen molar-refractivity contribution in [2.75, 3.05) is 0 Å². The van der Waals surface area contributed by atoms with Gasteiger partial charge in [0.25, 0.3) is 0 Å². The van der Waals surface area contributed by atoms with Crippen LogP contribution in [0.15, 0.2) is 47.0 Å². The van der Waals surface area contributed by atoms with Gasteiger partial charge in [-0.2, -0.15) is 0 Å². The fraction of sp³-hybridized carbons (Fsp3) is 0.286. The van der Waals surface area contributed by atoms with Crippen molar-refractivity contribution in [2.45, 2.75) is 26.3 Å². The number of nitrogens with zero attached hydrogens (tertiary/aromatic N) is 1. The lowest BCUT2D eigenvalue weighted by molar-refractivity contribution is -0.136. The van der Waals surface area contributed by atoms with Gasteiger partial charge in [-0.1, -0.05) is 23.8 Å². The van der Waals surface area contributed by atoms with Crippen LogP contribution in [-0.4, -0.2) is 17.4 Å². The van der Waals surface area contributed by atoms with E-state index in [-0.39, 0.29) is 5.97 Å². The maximum atomic E-state index is 11.8. The fourth-order valence-electron chi connectivity index (χ4n) is 1.83. The van der Waals surface area contributed by atoms with Crippen LogP contribution < -0.4 is 0 Å². The first-order valence-electron chi connectivity index (χ1n) is 5.55. The van der Waals surface area contributed by atoms with Crippen molar-refractivity contribution in [1.29, 1.82) is 0 Å². The normalized spacial score (nSPS) is 23.0. The minimum absolute atomic E-state index is 0.322. The van der Waals surface area contributed by atoms with Gasteiger partial charge in [0.2, 0.25) is 5.90 Å². The van der Waals surface area contributed by atoms with E-state index in [4.69, 9.17) is 4.74 Å². The Morgan fingerprint density at radius 3 is 2.53 bits per heavy atom. The number of carbonyl (C=O) groups is 1. The largest absolute Gasteiger partial charge is 0.405 e. The van der Waals surface area contributed by atoms with Crippen LogP contribution in [0.4, 0.5) is 0 Å². The van der Waals surface area contributed by atoms with Crippen molar-refractivity contribution in [3.8, 4) is 0 Å². The number of hydrogen-bond donors (Lipinski definition) is 0. The van der Waals surface area contributed by atoms with E-state index in [1.54, 1.807) is 6.92 Å². The highest BCUT2D eigenvalue weighted by atomic mass is 16.6. The van der Waals surface area contributed by atoms with Crippen LogP contribution in [-0.2, 0) is 9.53 Å². The molecule has 17 heavy (non-hydrogen) atoms. The quantitative estimate of drug-likeness (QED) is 0.577. The molecule has 0 fully saturated rings. The van der Waals surface area contributed by atoms with Crippen molar-refractivity contribution in [3.63, 3.8) is 0 Å². The molecule has 1 aliphatic heterocycles. The van der Waals surface area contributed by atoms with Crippen LogP contribution in [0, 0.1) is 0 Å². The molecular formula is C14H15NO2. The van der Waals surface area contributed by atoms with E-state index in [9.17, 15) is 4.79 Å². The first-order valence-corrected chi connectivity index (χ1v) is 5.55. The summed E-state index contributed by atoms with van der Waals surface area (Å²) in [4.78, 5) is 16.2. The average molecular weight is 229 g/mol. The minimum Gasteiger partial charge on any atom is -0.405 e. The van der Waals surface area contributed by atoms with Crippen molar-refractivity contribution >= 4 is 11.9 Å². The molecule has 3 heteroatoms. The first kappa shape index (κ1) is 11.6. The molecule has 1 unspecified atom stereocenters. The van der Waals surface area contributed by atoms with Crippen molar-refractivity contribution in [3.05, 3.63) is 47.5 Å². The van der Waals surface area contributed by atoms with Gasteiger partial charge in [-0.15, -0.1) is 0 Å². The number of esters is 1. The molecule has 3 nitrogen and oxygen atoms in total. The number of ether oxygens (including phenoxy) is 1. The Kier molecular flexibility index (Phi) is 2.84. The van der Waals surface area contributed by atoms with Crippen molar-refractivity contribution < 1.29 is 9.53 Å². The maximum absolute atomic E-state index is 11.8. The third kappa shape index (κ3) is 2.28. The van der Waals surface area contributed by atoms with Gasteiger partial charge in [-0.3, -0.25) is 0 Å². The number of hydrogen-bond acceptors (Lipinski definition) is 3. The second-order valence-electron chi connectivity index (χ2n) is 4.54. The van der Waals surface area contributed by atoms with E-state index in [1.165, 1.54) is 0 Å². The standard InChI is InChI=1S/C14H15NO2/c1-10(2)9-14(3)13(16)17-12(15-14)11-7-5-4-6-8-11/h4-9H,1-3H3. The summed E-state index contributed by atoms with van der Waals surface area (Å²) in [5, 5.41) is 0. The van der Waals surface area contributed by atoms with Gasteiger partial charge in [0.15, 0.2) is 5.54 Å². The average Bonchev–Trinajstić information content (AvgIpc) is 2.55. The Balaban J connectivity index is 2.38. The summed E-state index contributed by atoms with van der Waals surface area (Å²) < 4.78 is 5.23. The van der Waals surface area contributed by atoms with E-state index < -0.39 is 5.54 Å². The van der Waals surface area contributed by atoms with Crippen LogP contribution in [0.1, 0.15) is 26.3 Å². The van der Waals surface area contributed by atoms with E-state index in [0.29, 0.717) is 5.90 Å². The molecule has 0 amide bonds. The summed E-state index contributed by atoms with van der Waals surface area (Å²) in [6, 6.07) is 9.45. The van der Waals surface area contributed by atoms with Crippen LogP contribution in [0.25, 0.3) is 0 Å². The highest BCUT2D eigenvalue weighted by Crippen LogP contribution is 2.25. The Hall–Kier alpha value is -1.90. The number of benzene rings is 1. The molecule has 0 bridgehead atoms. The molecule has 1 aromatic rings. The van der Waals surface area contributed by atoms with Gasteiger partial charge < -0.3 is 4.74 Å². The number of aliphatic imine (C=N–C) groups is 1. The first-order chi connectivity index (χ1) is 8.01. The van der Waals surface area contributed by atoms with Crippen LogP contribution >= 0.6 is 0 Å². The molecule has 0 N–H and O–H groups in total. The van der Waals surface area contributed by atoms with E-state index in [2.05, 4.69) is 4.99 Å². The Morgan fingerprint density at radius 1 is 1.29 bits per heavy atom. The summed E-state index contributed by atoms with van der Waals surface area (Å²) in [5.41, 5.74) is 0.985. The van der Waals surface area contributed by atoms with Gasteiger partial charge in [0, 0.05) is 5.56 Å². The third-order valence-electron chi connectivity index (χ3n) is 2.53. The van der Waals surface area contributed by atoms with Crippen LogP contribution in [0.3, 0.4) is 0 Å². The number of allylic oxidation sites excluding steroid dienone is 1. The van der Waals surface area contributed by atoms with Gasteiger partial charge in [0.05, 0.1) is 0 Å². The lowest BCUT2D eigenvalue weighted by Gasteiger charge is -2.10. The summed E-state index contributed by atoms with van der Waals surface area (Å²) in [6.45, 7) is 5.64. The summed E-state index contributed by atoms with van der Waals surface area (Å²) >= 11 is 0. The predicted octanol–water partition coefficient (Wildman–Crippen LogP) is 2.71. The molecule has 1 aliphatic rings. The third-order valence-corrected chi connectivity index (χ3v) is 2.53. The van der Waals surface area contributed by atoms with Gasteiger partial charge in [0.1, 0.15) is 0 Å². The molecule has 1 atom stereocenters. The molecule has 0 radical (unpaired) electrons. The molecule has 88 valence electrons. The highest BCUT2D eigenvalue weighted by molar-refractivity contribution is 6.08. The molecule has 2 rings (SSSR count). The van der Waals surface area contributed by atoms with Gasteiger partial charge >= 0.3 is 5.97 Å². The van der Waals surface area contributed by atoms with Crippen LogP contribution in [0.5, 0.6) is 0 Å². The summed E-state index contributed by atoms with van der Waals surface area (Å²) in [7, 11) is 0. The summed E-state index contributed by atoms with van der Waals surface area (Å²) in [6.07, 6.45) is 1.82. The topological polar surface area (TPSA) is 38.7 Å². The molecule has 1 heterocycles. The molecule has 1 aromatic carbocycles. The molecule has 0 aliphatic carbocycles. The molecule has 0 saturated heterocycles. The molecular weight excluding hydrogens is 214 g/mol. The van der Waals surface area contributed by atoms with Crippen molar-refractivity contribution in [2.24, 2.45) is 4.99 Å². The second-order valence-corrected chi connectivity index (χ2v) is 4.54. The van der Waals surface area contributed by atoms with E-state index in [1.807, 2.05) is 50.3 Å². The Labute approximate surface area is 101 Å². The molecule has 0 aromatic heterocycles. The monoisotopic (exact) mass is 229 g/mol. The van der Waals surface area contributed by atoms with E-state index in [0.717, 1.165) is 11.1 Å². The number of rotatable bonds is 2. The van der Waals surface area contributed by atoms with Gasteiger partial charge in [-0.05, 0) is 39.0 Å². The van der Waals surface area contributed by atoms with Gasteiger partial charge in [-0.25, -0.2) is 9.79 Å². The highest BCUT2D eigenvalue weighted by Gasteiger charge is 2.39. The lowest BCUT2D eigenvalue weighted by Crippen LogP contribution is -2.27. The maximum Gasteiger partial charge on any atom is 0.344 e. The fourth-order valence-corrected chi connectivity index (χ4v) is 1.83. The molecule has 0 spiro atoms. The zero-order valence-corrected chi connectivity index (χ0v) is 10.2. The smallest absolute Gasteiger partial charge is 0.344 e. The number of cyclic esters (lactones) is 1.